The molecule has 0 saturated heterocycles. The number of methoxy groups -OCH3 is 1. The molecule has 2 rings (SSSR count). The average molecular weight is 378 g/mol. The number of halogens is 1. The van der Waals surface area contributed by atoms with Crippen LogP contribution in [0.5, 0.6) is 0 Å². The first-order valence-corrected chi connectivity index (χ1v) is 9.04. The summed E-state index contributed by atoms with van der Waals surface area (Å²) in [6.45, 7) is 4.22. The lowest BCUT2D eigenvalue weighted by molar-refractivity contribution is -0.116. The third kappa shape index (κ3) is 5.15. The normalized spacial score (nSPS) is 13.5. The summed E-state index contributed by atoms with van der Waals surface area (Å²) < 4.78 is 32.0. The van der Waals surface area contributed by atoms with Crippen molar-refractivity contribution < 1.29 is 17.9 Å². The van der Waals surface area contributed by atoms with E-state index >= 15 is 0 Å². The molecule has 0 aromatic heterocycles. The van der Waals surface area contributed by atoms with Crippen LogP contribution in [-0.4, -0.2) is 54.2 Å². The van der Waals surface area contributed by atoms with E-state index in [2.05, 4.69) is 10.0 Å². The van der Waals surface area contributed by atoms with Crippen molar-refractivity contribution in [3.8, 4) is 0 Å². The molecule has 0 aliphatic carbocycles. The van der Waals surface area contributed by atoms with Crippen LogP contribution in [0.25, 0.3) is 0 Å². The molecular weight excluding hydrogens is 354 g/mol. The maximum atomic E-state index is 12.3. The highest BCUT2D eigenvalue weighted by molar-refractivity contribution is 7.89. The summed E-state index contributed by atoms with van der Waals surface area (Å²) in [5, 5.41) is 3.07. The highest BCUT2D eigenvalue weighted by Gasteiger charge is 2.24. The summed E-state index contributed by atoms with van der Waals surface area (Å²) in [5.41, 5.74) is 1.69. The number of ether oxygens (including phenoxy) is 1. The van der Waals surface area contributed by atoms with Gasteiger partial charge in [-0.1, -0.05) is 0 Å². The fourth-order valence-electron chi connectivity index (χ4n) is 2.53. The molecule has 136 valence electrons. The minimum atomic E-state index is -3.54. The van der Waals surface area contributed by atoms with Crippen molar-refractivity contribution in [2.75, 3.05) is 44.8 Å². The van der Waals surface area contributed by atoms with Gasteiger partial charge >= 0.3 is 0 Å². The van der Waals surface area contributed by atoms with Gasteiger partial charge in [-0.3, -0.25) is 4.79 Å². The molecule has 1 amide bonds. The predicted octanol–water partition coefficient (Wildman–Crippen LogP) is 0.532. The number of hydrogen-bond donors (Lipinski definition) is 2. The zero-order valence-corrected chi connectivity index (χ0v) is 15.5. The maximum absolute atomic E-state index is 12.3. The Morgan fingerprint density at radius 2 is 2.04 bits per heavy atom. The smallest absolute Gasteiger partial charge is 0.240 e. The number of nitrogens with zero attached hydrogens (tertiary/aromatic N) is 1. The number of benzene rings is 1. The van der Waals surface area contributed by atoms with E-state index in [0.29, 0.717) is 39.2 Å². The Bertz CT molecular complexity index is 667. The minimum Gasteiger partial charge on any atom is -0.383 e. The van der Waals surface area contributed by atoms with Crippen molar-refractivity contribution in [2.45, 2.75) is 18.2 Å². The van der Waals surface area contributed by atoms with Gasteiger partial charge in [0.2, 0.25) is 15.9 Å². The van der Waals surface area contributed by atoms with Crippen LogP contribution in [-0.2, 0) is 26.0 Å². The molecule has 1 aliphatic rings. The largest absolute Gasteiger partial charge is 0.383 e. The van der Waals surface area contributed by atoms with Gasteiger partial charge in [0, 0.05) is 45.9 Å². The van der Waals surface area contributed by atoms with E-state index in [0.717, 1.165) is 11.3 Å². The molecule has 0 saturated carbocycles. The summed E-state index contributed by atoms with van der Waals surface area (Å²) >= 11 is 0. The van der Waals surface area contributed by atoms with Crippen molar-refractivity contribution in [1.82, 2.24) is 10.0 Å². The Morgan fingerprint density at radius 1 is 1.29 bits per heavy atom. The first-order chi connectivity index (χ1) is 11.0. The zero-order valence-electron chi connectivity index (χ0n) is 13.9. The topological polar surface area (TPSA) is 87.7 Å². The van der Waals surface area contributed by atoms with E-state index in [4.69, 9.17) is 4.74 Å². The third-order valence-corrected chi connectivity index (χ3v) is 5.17. The average Bonchev–Trinajstić information content (AvgIpc) is 2.94. The van der Waals surface area contributed by atoms with Crippen molar-refractivity contribution in [2.24, 2.45) is 0 Å². The Kier molecular flexibility index (Phi) is 8.11. The molecule has 0 atom stereocenters. The van der Waals surface area contributed by atoms with Crippen LogP contribution in [0.3, 0.4) is 0 Å². The van der Waals surface area contributed by atoms with Gasteiger partial charge in [0.05, 0.1) is 11.5 Å². The van der Waals surface area contributed by atoms with Crippen LogP contribution in [0, 0.1) is 0 Å². The zero-order chi connectivity index (χ0) is 16.9. The number of sulfonamides is 1. The van der Waals surface area contributed by atoms with Gasteiger partial charge in [0.25, 0.3) is 0 Å². The second-order valence-corrected chi connectivity index (χ2v) is 7.12. The van der Waals surface area contributed by atoms with Gasteiger partial charge in [-0.25, -0.2) is 13.1 Å². The van der Waals surface area contributed by atoms with Gasteiger partial charge in [0.1, 0.15) is 0 Å². The fraction of sp³-hybridized carbons (Fsp3) is 0.533. The Morgan fingerprint density at radius 3 is 2.71 bits per heavy atom. The molecule has 1 aromatic carbocycles. The summed E-state index contributed by atoms with van der Waals surface area (Å²) in [5.74, 6) is -0.0281. The lowest BCUT2D eigenvalue weighted by Crippen LogP contribution is -2.33. The molecule has 0 bridgehead atoms. The molecule has 0 spiro atoms. The lowest BCUT2D eigenvalue weighted by Gasteiger charge is -2.15. The van der Waals surface area contributed by atoms with Crippen LogP contribution < -0.4 is 14.9 Å². The quantitative estimate of drug-likeness (QED) is 0.645. The fourth-order valence-corrected chi connectivity index (χ4v) is 3.61. The van der Waals surface area contributed by atoms with Crippen LogP contribution in [0.4, 0.5) is 5.69 Å². The van der Waals surface area contributed by atoms with Gasteiger partial charge in [-0.2, -0.15) is 0 Å². The van der Waals surface area contributed by atoms with Crippen molar-refractivity contribution in [3.05, 3.63) is 23.8 Å². The number of carbonyl (C=O) groups excluding carboxylic acids is 1. The third-order valence-electron chi connectivity index (χ3n) is 3.71. The molecule has 1 aliphatic heterocycles. The van der Waals surface area contributed by atoms with Crippen LogP contribution in [0.15, 0.2) is 23.1 Å². The standard InChI is InChI=1S/C15H23N3O4S.ClH/c1-12(19)18-9-5-13-11-14(3-4-15(13)18)23(20,21)17-7-6-16-8-10-22-2;/h3-4,11,16-17H,5-10H2,1-2H3;1H. The van der Waals surface area contributed by atoms with E-state index in [-0.39, 0.29) is 23.2 Å². The van der Waals surface area contributed by atoms with Gasteiger partial charge in [0.15, 0.2) is 0 Å². The Hall–Kier alpha value is -1.19. The summed E-state index contributed by atoms with van der Waals surface area (Å²) in [4.78, 5) is 13.4. The van der Waals surface area contributed by atoms with Crippen LogP contribution >= 0.6 is 12.4 Å². The molecule has 9 heteroatoms. The first kappa shape index (κ1) is 20.9. The van der Waals surface area contributed by atoms with Crippen molar-refractivity contribution >= 4 is 34.0 Å². The number of fused-ring (bicyclic) bond motifs is 1. The molecule has 24 heavy (non-hydrogen) atoms. The van der Waals surface area contributed by atoms with Crippen LogP contribution in [0.1, 0.15) is 12.5 Å². The maximum Gasteiger partial charge on any atom is 0.240 e. The number of amides is 1. The van der Waals surface area contributed by atoms with E-state index in [1.807, 2.05) is 0 Å². The first-order valence-electron chi connectivity index (χ1n) is 7.56. The number of anilines is 1. The molecule has 0 fully saturated rings. The Balaban J connectivity index is 0.00000288. The summed E-state index contributed by atoms with van der Waals surface area (Å²) in [7, 11) is -1.92. The minimum absolute atomic E-state index is 0. The number of carbonyl (C=O) groups is 1. The van der Waals surface area contributed by atoms with Gasteiger partial charge in [-0.05, 0) is 30.2 Å². The Labute approximate surface area is 149 Å². The van der Waals surface area contributed by atoms with E-state index in [1.165, 1.54) is 6.92 Å². The molecule has 0 unspecified atom stereocenters. The molecular formula is C15H24ClN3O4S. The van der Waals surface area contributed by atoms with Gasteiger partial charge in [-0.15, -0.1) is 12.4 Å². The van der Waals surface area contributed by atoms with Crippen molar-refractivity contribution in [3.63, 3.8) is 0 Å². The highest BCUT2D eigenvalue weighted by atomic mass is 35.5. The summed E-state index contributed by atoms with van der Waals surface area (Å²) in [6.07, 6.45) is 0.677. The van der Waals surface area contributed by atoms with Crippen LogP contribution in [0.2, 0.25) is 0 Å². The SMILES string of the molecule is COCCNCCNS(=O)(=O)c1ccc2c(c1)CCN2C(C)=O.Cl. The van der Waals surface area contributed by atoms with Crippen molar-refractivity contribution in [1.29, 1.82) is 0 Å². The predicted molar refractivity (Wildman–Crippen MR) is 95.4 cm³/mol. The molecule has 7 nitrogen and oxygen atoms in total. The summed E-state index contributed by atoms with van der Waals surface area (Å²) in [6, 6.07) is 4.90. The number of rotatable bonds is 8. The van der Waals surface area contributed by atoms with E-state index in [1.54, 1.807) is 30.2 Å². The van der Waals surface area contributed by atoms with E-state index in [9.17, 15) is 13.2 Å². The molecule has 2 N–H and O–H groups in total. The number of hydrogen-bond acceptors (Lipinski definition) is 5. The monoisotopic (exact) mass is 377 g/mol. The second kappa shape index (κ2) is 9.33. The number of nitrogens with one attached hydrogen (secondary N) is 2. The molecule has 1 aromatic rings. The van der Waals surface area contributed by atoms with Gasteiger partial charge < -0.3 is 15.0 Å². The lowest BCUT2D eigenvalue weighted by atomic mass is 10.2. The molecule has 0 radical (unpaired) electrons. The second-order valence-electron chi connectivity index (χ2n) is 5.35. The van der Waals surface area contributed by atoms with E-state index < -0.39 is 10.0 Å². The highest BCUT2D eigenvalue weighted by Crippen LogP contribution is 2.30. The molecule has 1 heterocycles.